The van der Waals surface area contributed by atoms with Crippen molar-refractivity contribution in [2.75, 3.05) is 13.7 Å². The van der Waals surface area contributed by atoms with Crippen molar-refractivity contribution in [2.45, 2.75) is 38.6 Å². The van der Waals surface area contributed by atoms with Crippen LogP contribution in [0.2, 0.25) is 0 Å². The third kappa shape index (κ3) is 4.40. The Bertz CT molecular complexity index is 693. The highest BCUT2D eigenvalue weighted by Gasteiger charge is 2.14. The van der Waals surface area contributed by atoms with Crippen molar-refractivity contribution < 1.29 is 9.53 Å². The summed E-state index contributed by atoms with van der Waals surface area (Å²) < 4.78 is 5.24. The van der Waals surface area contributed by atoms with Crippen molar-refractivity contribution in [1.29, 1.82) is 0 Å². The largest absolute Gasteiger partial charge is 0.497 e. The number of carbonyl (C=O) groups is 1. The first-order chi connectivity index (χ1) is 11.7. The van der Waals surface area contributed by atoms with Crippen molar-refractivity contribution in [1.82, 2.24) is 10.6 Å². The predicted octanol–water partition coefficient (Wildman–Crippen LogP) is 4.23. The Morgan fingerprint density at radius 3 is 2.62 bits per heavy atom. The Balaban J connectivity index is 1.46. The van der Waals surface area contributed by atoms with Crippen LogP contribution in [0.25, 0.3) is 10.8 Å². The maximum atomic E-state index is 11.9. The van der Waals surface area contributed by atoms with Gasteiger partial charge in [0, 0.05) is 13.1 Å². The lowest BCUT2D eigenvalue weighted by molar-refractivity contribution is 0.239. The van der Waals surface area contributed by atoms with Gasteiger partial charge in [-0.1, -0.05) is 43.9 Å². The SMILES string of the molecule is COc1ccc2cc(CNC(=O)NCCC3CCCC3)ccc2c1. The van der Waals surface area contributed by atoms with Gasteiger partial charge in [0.05, 0.1) is 7.11 Å². The Hall–Kier alpha value is -2.23. The Kier molecular flexibility index (Phi) is 5.57. The van der Waals surface area contributed by atoms with Crippen LogP contribution in [0.15, 0.2) is 36.4 Å². The van der Waals surface area contributed by atoms with Gasteiger partial charge in [-0.25, -0.2) is 4.79 Å². The van der Waals surface area contributed by atoms with E-state index in [9.17, 15) is 4.79 Å². The minimum Gasteiger partial charge on any atom is -0.497 e. The summed E-state index contributed by atoms with van der Waals surface area (Å²) in [6.45, 7) is 1.31. The zero-order chi connectivity index (χ0) is 16.8. The lowest BCUT2D eigenvalue weighted by Crippen LogP contribution is -2.36. The lowest BCUT2D eigenvalue weighted by Gasteiger charge is -2.11. The second kappa shape index (κ2) is 8.04. The average molecular weight is 326 g/mol. The number of benzene rings is 2. The normalized spacial score (nSPS) is 14.7. The van der Waals surface area contributed by atoms with Crippen LogP contribution in [0.4, 0.5) is 4.79 Å². The minimum atomic E-state index is -0.0807. The Morgan fingerprint density at radius 2 is 1.83 bits per heavy atom. The van der Waals surface area contributed by atoms with Crippen molar-refractivity contribution in [3.63, 3.8) is 0 Å². The molecule has 1 aliphatic rings. The highest BCUT2D eigenvalue weighted by atomic mass is 16.5. The maximum absolute atomic E-state index is 11.9. The first-order valence-corrected chi connectivity index (χ1v) is 8.83. The van der Waals surface area contributed by atoms with E-state index in [1.54, 1.807) is 7.11 Å². The van der Waals surface area contributed by atoms with Gasteiger partial charge in [-0.15, -0.1) is 0 Å². The number of carbonyl (C=O) groups excluding carboxylic acids is 1. The Labute approximate surface area is 143 Å². The number of hydrogen-bond acceptors (Lipinski definition) is 2. The molecule has 0 unspecified atom stereocenters. The van der Waals surface area contributed by atoms with Crippen molar-refractivity contribution in [3.05, 3.63) is 42.0 Å². The maximum Gasteiger partial charge on any atom is 0.315 e. The summed E-state index contributed by atoms with van der Waals surface area (Å²) >= 11 is 0. The van der Waals surface area contributed by atoms with E-state index in [1.807, 2.05) is 24.3 Å². The molecule has 0 aliphatic heterocycles. The van der Waals surface area contributed by atoms with Crippen LogP contribution in [-0.4, -0.2) is 19.7 Å². The molecular formula is C20H26N2O2. The highest BCUT2D eigenvalue weighted by molar-refractivity contribution is 5.84. The van der Waals surface area contributed by atoms with Gasteiger partial charge in [-0.3, -0.25) is 0 Å². The van der Waals surface area contributed by atoms with Crippen LogP contribution >= 0.6 is 0 Å². The number of hydrogen-bond donors (Lipinski definition) is 2. The molecule has 4 heteroatoms. The van der Waals surface area contributed by atoms with E-state index in [1.165, 1.54) is 25.7 Å². The van der Waals surface area contributed by atoms with Gasteiger partial charge in [0.15, 0.2) is 0 Å². The second-order valence-corrected chi connectivity index (χ2v) is 6.60. The number of ether oxygens (including phenoxy) is 1. The van der Waals surface area contributed by atoms with E-state index < -0.39 is 0 Å². The van der Waals surface area contributed by atoms with Gasteiger partial charge in [0.25, 0.3) is 0 Å². The molecule has 0 spiro atoms. The van der Waals surface area contributed by atoms with Crippen LogP contribution in [0.1, 0.15) is 37.7 Å². The van der Waals surface area contributed by atoms with E-state index in [0.29, 0.717) is 6.54 Å². The molecule has 0 radical (unpaired) electrons. The van der Waals surface area contributed by atoms with Gasteiger partial charge in [0.1, 0.15) is 5.75 Å². The summed E-state index contributed by atoms with van der Waals surface area (Å²) in [5.74, 6) is 1.66. The molecule has 0 heterocycles. The van der Waals surface area contributed by atoms with Gasteiger partial charge in [-0.2, -0.15) is 0 Å². The molecule has 1 fully saturated rings. The summed E-state index contributed by atoms with van der Waals surface area (Å²) in [6, 6.07) is 12.1. The number of nitrogens with one attached hydrogen (secondary N) is 2. The molecule has 0 bridgehead atoms. The monoisotopic (exact) mass is 326 g/mol. The molecule has 128 valence electrons. The van der Waals surface area contributed by atoms with E-state index >= 15 is 0 Å². The van der Waals surface area contributed by atoms with Crippen molar-refractivity contribution in [3.8, 4) is 5.75 Å². The third-order valence-electron chi connectivity index (χ3n) is 4.88. The zero-order valence-corrected chi connectivity index (χ0v) is 14.3. The number of urea groups is 1. The van der Waals surface area contributed by atoms with Crippen LogP contribution in [0.5, 0.6) is 5.75 Å². The smallest absolute Gasteiger partial charge is 0.315 e. The van der Waals surface area contributed by atoms with E-state index in [4.69, 9.17) is 4.74 Å². The van der Waals surface area contributed by atoms with Crippen LogP contribution in [-0.2, 0) is 6.54 Å². The highest BCUT2D eigenvalue weighted by Crippen LogP contribution is 2.26. The summed E-state index contributed by atoms with van der Waals surface area (Å²) in [7, 11) is 1.67. The van der Waals surface area contributed by atoms with E-state index in [2.05, 4.69) is 22.8 Å². The minimum absolute atomic E-state index is 0.0807. The van der Waals surface area contributed by atoms with Crippen molar-refractivity contribution in [2.24, 2.45) is 5.92 Å². The standard InChI is InChI=1S/C20H26N2O2/c1-24-19-9-8-17-12-16(6-7-18(17)13-19)14-22-20(23)21-11-10-15-4-2-3-5-15/h6-9,12-13,15H,2-5,10-11,14H2,1H3,(H2,21,22,23). The molecule has 4 nitrogen and oxygen atoms in total. The number of methoxy groups -OCH3 is 1. The van der Waals surface area contributed by atoms with E-state index in [-0.39, 0.29) is 6.03 Å². The van der Waals surface area contributed by atoms with Crippen LogP contribution < -0.4 is 15.4 Å². The summed E-state index contributed by atoms with van der Waals surface area (Å²) in [5, 5.41) is 8.19. The van der Waals surface area contributed by atoms with Gasteiger partial charge in [-0.05, 0) is 46.9 Å². The molecule has 2 amide bonds. The number of rotatable bonds is 6. The summed E-state index contributed by atoms with van der Waals surface area (Å²) in [6.07, 6.45) is 6.46. The second-order valence-electron chi connectivity index (χ2n) is 6.60. The zero-order valence-electron chi connectivity index (χ0n) is 14.3. The topological polar surface area (TPSA) is 50.4 Å². The predicted molar refractivity (Wildman–Crippen MR) is 97.3 cm³/mol. The summed E-state index contributed by atoms with van der Waals surface area (Å²) in [5.41, 5.74) is 1.10. The van der Waals surface area contributed by atoms with Gasteiger partial charge >= 0.3 is 6.03 Å². The molecule has 24 heavy (non-hydrogen) atoms. The molecule has 3 rings (SSSR count). The van der Waals surface area contributed by atoms with Gasteiger partial charge in [0.2, 0.25) is 0 Å². The average Bonchev–Trinajstić information content (AvgIpc) is 3.12. The number of fused-ring (bicyclic) bond motifs is 1. The molecule has 2 aromatic carbocycles. The lowest BCUT2D eigenvalue weighted by atomic mass is 10.0. The van der Waals surface area contributed by atoms with Crippen molar-refractivity contribution >= 4 is 16.8 Å². The van der Waals surface area contributed by atoms with E-state index in [0.717, 1.165) is 41.0 Å². The third-order valence-corrected chi connectivity index (χ3v) is 4.88. The molecule has 2 aromatic rings. The fourth-order valence-corrected chi connectivity index (χ4v) is 3.44. The Morgan fingerprint density at radius 1 is 1.08 bits per heavy atom. The van der Waals surface area contributed by atoms with Gasteiger partial charge < -0.3 is 15.4 Å². The molecular weight excluding hydrogens is 300 g/mol. The quantitative estimate of drug-likeness (QED) is 0.834. The molecule has 0 saturated heterocycles. The molecule has 2 N–H and O–H groups in total. The first-order valence-electron chi connectivity index (χ1n) is 8.83. The molecule has 1 saturated carbocycles. The molecule has 0 atom stereocenters. The van der Waals surface area contributed by atoms with Crippen LogP contribution in [0, 0.1) is 5.92 Å². The van der Waals surface area contributed by atoms with Crippen LogP contribution in [0.3, 0.4) is 0 Å². The summed E-state index contributed by atoms with van der Waals surface area (Å²) in [4.78, 5) is 11.9. The molecule has 0 aromatic heterocycles. The first kappa shape index (κ1) is 16.6. The fraction of sp³-hybridized carbons (Fsp3) is 0.450. The number of amides is 2. The molecule has 1 aliphatic carbocycles. The fourth-order valence-electron chi connectivity index (χ4n) is 3.44.